The van der Waals surface area contributed by atoms with Crippen molar-refractivity contribution in [2.45, 2.75) is 25.9 Å². The molecule has 1 amide bonds. The first-order chi connectivity index (χ1) is 14.6. The van der Waals surface area contributed by atoms with Crippen molar-refractivity contribution in [1.29, 1.82) is 0 Å². The molecule has 2 heterocycles. The van der Waals surface area contributed by atoms with E-state index in [1.54, 1.807) is 13.0 Å². The van der Waals surface area contributed by atoms with E-state index >= 15 is 0 Å². The second-order valence-electron chi connectivity index (χ2n) is 7.00. The highest BCUT2D eigenvalue weighted by Crippen LogP contribution is 2.35. The second kappa shape index (κ2) is 9.27. The van der Waals surface area contributed by atoms with E-state index in [1.807, 2.05) is 0 Å². The number of carbonyl (C=O) groups is 2. The van der Waals surface area contributed by atoms with Gasteiger partial charge in [0.2, 0.25) is 0 Å². The van der Waals surface area contributed by atoms with Gasteiger partial charge in [-0.15, -0.1) is 0 Å². The van der Waals surface area contributed by atoms with Gasteiger partial charge in [-0.05, 0) is 37.1 Å². The lowest BCUT2D eigenvalue weighted by atomic mass is 10.1. The minimum absolute atomic E-state index is 0.246. The molecule has 1 fully saturated rings. The quantitative estimate of drug-likeness (QED) is 0.416. The molecule has 1 atom stereocenters. The molecule has 31 heavy (non-hydrogen) atoms. The first-order valence-corrected chi connectivity index (χ1v) is 10.5. The Kier molecular flexibility index (Phi) is 6.90. The highest BCUT2D eigenvalue weighted by atomic mass is 32.2. The number of benzene rings is 1. The minimum Gasteiger partial charge on any atom is -0.481 e. The van der Waals surface area contributed by atoms with Crippen LogP contribution in [0.15, 0.2) is 45.7 Å². The van der Waals surface area contributed by atoms with Gasteiger partial charge in [-0.3, -0.25) is 14.5 Å². The van der Waals surface area contributed by atoms with Gasteiger partial charge in [0.25, 0.3) is 5.91 Å². The summed E-state index contributed by atoms with van der Waals surface area (Å²) in [5.74, 6) is -1.15. The van der Waals surface area contributed by atoms with Crippen LogP contribution in [0.3, 0.4) is 0 Å². The number of alkyl halides is 3. The Hall–Kier alpha value is -2.59. The lowest BCUT2D eigenvalue weighted by Gasteiger charge is -2.15. The molecule has 1 aromatic heterocycles. The summed E-state index contributed by atoms with van der Waals surface area (Å²) < 4.78 is 44.8. The van der Waals surface area contributed by atoms with Crippen molar-refractivity contribution >= 4 is 46.3 Å². The normalized spacial score (nSPS) is 16.9. The molecule has 0 spiro atoms. The Morgan fingerprint density at radius 3 is 2.74 bits per heavy atom. The summed E-state index contributed by atoms with van der Waals surface area (Å²) in [6.45, 7) is 1.92. The van der Waals surface area contributed by atoms with Crippen LogP contribution in [0.2, 0.25) is 0 Å². The highest BCUT2D eigenvalue weighted by molar-refractivity contribution is 8.26. The number of carboxylic acid groups (broad SMARTS) is 1. The molecule has 0 bridgehead atoms. The summed E-state index contributed by atoms with van der Waals surface area (Å²) in [6.07, 6.45) is -2.05. The van der Waals surface area contributed by atoms with E-state index in [0.29, 0.717) is 34.4 Å². The van der Waals surface area contributed by atoms with E-state index in [2.05, 4.69) is 0 Å². The fourth-order valence-electron chi connectivity index (χ4n) is 2.94. The van der Waals surface area contributed by atoms with Crippen LogP contribution < -0.4 is 0 Å². The third kappa shape index (κ3) is 5.56. The molecule has 3 rings (SSSR count). The average molecular weight is 470 g/mol. The predicted molar refractivity (Wildman–Crippen MR) is 115 cm³/mol. The first kappa shape index (κ1) is 23.1. The van der Waals surface area contributed by atoms with Crippen molar-refractivity contribution in [3.05, 3.63) is 52.6 Å². The van der Waals surface area contributed by atoms with E-state index in [0.717, 1.165) is 23.9 Å². The number of rotatable bonds is 7. The molecule has 0 saturated carbocycles. The van der Waals surface area contributed by atoms with Crippen molar-refractivity contribution in [3.63, 3.8) is 0 Å². The zero-order valence-electron chi connectivity index (χ0n) is 16.3. The fourth-order valence-corrected chi connectivity index (χ4v) is 4.22. The smallest absolute Gasteiger partial charge is 0.416 e. The molecular weight excluding hydrogens is 451 g/mol. The lowest BCUT2D eigenvalue weighted by Crippen LogP contribution is -2.29. The zero-order chi connectivity index (χ0) is 22.8. The van der Waals surface area contributed by atoms with Gasteiger partial charge in [0.15, 0.2) is 0 Å². The summed E-state index contributed by atoms with van der Waals surface area (Å²) >= 11 is 6.34. The molecule has 10 heteroatoms. The van der Waals surface area contributed by atoms with Crippen LogP contribution in [0.1, 0.15) is 31.1 Å². The molecule has 164 valence electrons. The number of nitrogens with zero attached hydrogens (tertiary/aromatic N) is 1. The van der Waals surface area contributed by atoms with E-state index in [4.69, 9.17) is 21.7 Å². The van der Waals surface area contributed by atoms with Gasteiger partial charge in [0.05, 0.1) is 16.4 Å². The molecule has 5 nitrogen and oxygen atoms in total. The Labute approximate surface area is 185 Å². The number of carboxylic acids is 1. The third-order valence-electron chi connectivity index (χ3n) is 4.69. The molecular formula is C21H18F3NO4S2. The fraction of sp³-hybridized carbons (Fsp3) is 0.286. The lowest BCUT2D eigenvalue weighted by molar-refractivity contribution is -0.141. The molecule has 1 saturated heterocycles. The van der Waals surface area contributed by atoms with E-state index < -0.39 is 23.6 Å². The molecule has 0 radical (unpaired) electrons. The number of thiocarbonyl (C=S) groups is 1. The minimum atomic E-state index is -4.46. The average Bonchev–Trinajstić information content (AvgIpc) is 3.27. The number of furan rings is 1. The molecule has 1 aliphatic heterocycles. The molecule has 1 N–H and O–H groups in total. The first-order valence-electron chi connectivity index (χ1n) is 9.32. The summed E-state index contributed by atoms with van der Waals surface area (Å²) in [5, 5.41) is 8.94. The van der Waals surface area contributed by atoms with Crippen LogP contribution in [0, 0.1) is 5.92 Å². The third-order valence-corrected chi connectivity index (χ3v) is 6.07. The van der Waals surface area contributed by atoms with Crippen molar-refractivity contribution < 1.29 is 32.3 Å². The maximum Gasteiger partial charge on any atom is 0.416 e. The van der Waals surface area contributed by atoms with E-state index in [1.165, 1.54) is 29.2 Å². The molecule has 1 unspecified atom stereocenters. The van der Waals surface area contributed by atoms with Crippen molar-refractivity contribution in [3.8, 4) is 11.3 Å². The van der Waals surface area contributed by atoms with E-state index in [-0.39, 0.29) is 17.2 Å². The SMILES string of the molecule is CC(CCCN1C(=O)/C(=C/c2ccc(-c3cccc(C(F)(F)F)c3)o2)SC1=S)C(=O)O. The van der Waals surface area contributed by atoms with Crippen molar-refractivity contribution in [1.82, 2.24) is 4.90 Å². The number of thioether (sulfide) groups is 1. The molecule has 1 aromatic carbocycles. The number of carbonyl (C=O) groups excluding carboxylic acids is 1. The Bertz CT molecular complexity index is 1050. The van der Waals surface area contributed by atoms with Gasteiger partial charge >= 0.3 is 12.1 Å². The van der Waals surface area contributed by atoms with E-state index in [9.17, 15) is 22.8 Å². The largest absolute Gasteiger partial charge is 0.481 e. The maximum atomic E-state index is 12.9. The Morgan fingerprint density at radius 2 is 2.06 bits per heavy atom. The van der Waals surface area contributed by atoms with Gasteiger partial charge in [-0.1, -0.05) is 43.0 Å². The summed E-state index contributed by atoms with van der Waals surface area (Å²) in [7, 11) is 0. The number of hydrogen-bond acceptors (Lipinski definition) is 5. The van der Waals surface area contributed by atoms with Gasteiger partial charge in [-0.25, -0.2) is 0 Å². The molecule has 1 aliphatic rings. The summed E-state index contributed by atoms with van der Waals surface area (Å²) in [6, 6.07) is 7.90. The summed E-state index contributed by atoms with van der Waals surface area (Å²) in [4.78, 5) is 25.3. The monoisotopic (exact) mass is 469 g/mol. The standard InChI is InChI=1S/C21H18F3NO4S2/c1-12(19(27)28)4-3-9-25-18(26)17(31-20(25)30)11-15-7-8-16(29-15)13-5-2-6-14(10-13)21(22,23)24/h2,5-8,10-12H,3-4,9H2,1H3,(H,27,28)/b17-11-. The Morgan fingerprint density at radius 1 is 1.32 bits per heavy atom. The number of hydrogen-bond donors (Lipinski definition) is 1. The van der Waals surface area contributed by atoms with Gasteiger partial charge in [0, 0.05) is 18.2 Å². The Balaban J connectivity index is 1.71. The van der Waals surface area contributed by atoms with Crippen LogP contribution in [-0.4, -0.2) is 32.7 Å². The van der Waals surface area contributed by atoms with Crippen LogP contribution in [0.25, 0.3) is 17.4 Å². The van der Waals surface area contributed by atoms with Gasteiger partial charge in [-0.2, -0.15) is 13.2 Å². The van der Waals surface area contributed by atoms with Crippen LogP contribution in [0.5, 0.6) is 0 Å². The van der Waals surface area contributed by atoms with Crippen LogP contribution in [-0.2, 0) is 15.8 Å². The summed E-state index contributed by atoms with van der Waals surface area (Å²) in [5.41, 5.74) is -0.504. The maximum absolute atomic E-state index is 12.9. The van der Waals surface area contributed by atoms with Gasteiger partial charge < -0.3 is 9.52 Å². The van der Waals surface area contributed by atoms with Crippen molar-refractivity contribution in [2.24, 2.45) is 5.92 Å². The number of aliphatic carboxylic acids is 1. The van der Waals surface area contributed by atoms with Gasteiger partial charge in [0.1, 0.15) is 15.8 Å². The van der Waals surface area contributed by atoms with Crippen molar-refractivity contribution in [2.75, 3.05) is 6.54 Å². The van der Waals surface area contributed by atoms with Crippen LogP contribution in [0.4, 0.5) is 13.2 Å². The number of halogens is 3. The zero-order valence-corrected chi connectivity index (χ0v) is 17.9. The predicted octanol–water partition coefficient (Wildman–Crippen LogP) is 5.67. The highest BCUT2D eigenvalue weighted by Gasteiger charge is 2.32. The van der Waals surface area contributed by atoms with Crippen LogP contribution >= 0.6 is 24.0 Å². The topological polar surface area (TPSA) is 70.8 Å². The molecule has 0 aliphatic carbocycles. The molecule has 2 aromatic rings. The number of amides is 1. The second-order valence-corrected chi connectivity index (χ2v) is 8.67.